The maximum atomic E-state index is 13.8. The van der Waals surface area contributed by atoms with Crippen molar-refractivity contribution in [3.8, 4) is 11.3 Å². The molecule has 2 aliphatic rings. The van der Waals surface area contributed by atoms with Gasteiger partial charge in [-0.2, -0.15) is 0 Å². The summed E-state index contributed by atoms with van der Waals surface area (Å²) >= 11 is 0. The highest BCUT2D eigenvalue weighted by Crippen LogP contribution is 2.31. The molecule has 0 saturated carbocycles. The Bertz CT molecular complexity index is 1360. The molecule has 39 heavy (non-hydrogen) atoms. The van der Waals surface area contributed by atoms with E-state index in [0.29, 0.717) is 36.3 Å². The van der Waals surface area contributed by atoms with Gasteiger partial charge in [0.15, 0.2) is 17.9 Å². The Morgan fingerprint density at radius 1 is 1.08 bits per heavy atom. The normalized spacial score (nSPS) is 19.3. The highest BCUT2D eigenvalue weighted by Gasteiger charge is 2.52. The number of amides is 3. The van der Waals surface area contributed by atoms with E-state index in [-0.39, 0.29) is 42.5 Å². The van der Waals surface area contributed by atoms with Gasteiger partial charge in [-0.1, -0.05) is 38.1 Å². The first-order valence-electron chi connectivity index (χ1n) is 13.1. The number of pyridine rings is 1. The largest absolute Gasteiger partial charge is 0.443 e. The zero-order valence-electron chi connectivity index (χ0n) is 21.9. The van der Waals surface area contributed by atoms with E-state index < -0.39 is 18.0 Å². The molecule has 0 radical (unpaired) electrons. The van der Waals surface area contributed by atoms with Gasteiger partial charge in [0, 0.05) is 24.5 Å². The van der Waals surface area contributed by atoms with Gasteiger partial charge in [0.25, 0.3) is 5.91 Å². The summed E-state index contributed by atoms with van der Waals surface area (Å²) in [6, 6.07) is 8.66. The monoisotopic (exact) mass is 529 g/mol. The molecule has 4 heterocycles. The number of carbonyl (C=O) groups is 4. The number of rotatable bonds is 8. The number of benzene rings is 1. The van der Waals surface area contributed by atoms with E-state index >= 15 is 0 Å². The maximum absolute atomic E-state index is 13.8. The maximum Gasteiger partial charge on any atom is 0.252 e. The molecule has 0 aliphatic carbocycles. The first-order valence-corrected chi connectivity index (χ1v) is 13.1. The Morgan fingerprint density at radius 2 is 1.90 bits per heavy atom. The Kier molecular flexibility index (Phi) is 7.53. The number of oxazole rings is 1. The zero-order valence-corrected chi connectivity index (χ0v) is 21.9. The van der Waals surface area contributed by atoms with Crippen molar-refractivity contribution >= 4 is 23.5 Å². The molecular formula is C29H31N5O5. The number of nitrogens with one attached hydrogen (secondary N) is 1. The minimum absolute atomic E-state index is 0.0238. The first kappa shape index (κ1) is 26.3. The van der Waals surface area contributed by atoms with Crippen molar-refractivity contribution in [2.24, 2.45) is 5.92 Å². The van der Waals surface area contributed by atoms with Crippen LogP contribution in [0.1, 0.15) is 42.6 Å². The van der Waals surface area contributed by atoms with Crippen LogP contribution in [0, 0.1) is 5.92 Å². The van der Waals surface area contributed by atoms with Crippen LogP contribution in [0.3, 0.4) is 0 Å². The summed E-state index contributed by atoms with van der Waals surface area (Å²) in [5, 5.41) is 2.91. The third-order valence-corrected chi connectivity index (χ3v) is 7.28. The zero-order chi connectivity index (χ0) is 27.5. The highest BCUT2D eigenvalue weighted by atomic mass is 16.3. The molecule has 3 atom stereocenters. The summed E-state index contributed by atoms with van der Waals surface area (Å²) in [6.45, 7) is 4.27. The molecule has 3 unspecified atom stereocenters. The minimum atomic E-state index is -0.827. The Balaban J connectivity index is 1.32. The third kappa shape index (κ3) is 5.45. The molecule has 2 aromatic heterocycles. The van der Waals surface area contributed by atoms with Gasteiger partial charge in [0.05, 0.1) is 30.8 Å². The molecule has 202 valence electrons. The van der Waals surface area contributed by atoms with Crippen LogP contribution in [0.25, 0.3) is 11.3 Å². The quantitative estimate of drug-likeness (QED) is 0.475. The van der Waals surface area contributed by atoms with Gasteiger partial charge in [-0.15, -0.1) is 0 Å². The number of fused-ring (bicyclic) bond motifs is 1. The standard InChI is InChI=1S/C29H31N5O5/c1-18(2)12-22(32-28(37)21-8-4-3-7-20(21)25-15-31-17-39-25)29(38)33-11-9-23-27(33)24(35)16-34(23)26(36)13-19-6-5-10-30-14-19/h3-8,10,14-15,17-18,22-23,27H,9,11-13,16H2,1-2H3,(H,32,37). The van der Waals surface area contributed by atoms with Crippen molar-refractivity contribution in [2.75, 3.05) is 13.1 Å². The van der Waals surface area contributed by atoms with E-state index in [1.165, 1.54) is 12.6 Å². The predicted molar refractivity (Wildman–Crippen MR) is 141 cm³/mol. The van der Waals surface area contributed by atoms with Gasteiger partial charge in [0.1, 0.15) is 12.1 Å². The van der Waals surface area contributed by atoms with Gasteiger partial charge in [-0.25, -0.2) is 4.98 Å². The van der Waals surface area contributed by atoms with Crippen molar-refractivity contribution in [3.63, 3.8) is 0 Å². The van der Waals surface area contributed by atoms with Gasteiger partial charge in [0.2, 0.25) is 11.8 Å². The van der Waals surface area contributed by atoms with Gasteiger partial charge in [-0.05, 0) is 36.5 Å². The second-order valence-corrected chi connectivity index (χ2v) is 10.4. The molecule has 3 amide bonds. The summed E-state index contributed by atoms with van der Waals surface area (Å²) < 4.78 is 5.40. The fourth-order valence-electron chi connectivity index (χ4n) is 5.54. The number of hydrogen-bond acceptors (Lipinski definition) is 7. The number of ketones is 1. The lowest BCUT2D eigenvalue weighted by atomic mass is 10.00. The number of hydrogen-bond donors (Lipinski definition) is 1. The number of aromatic nitrogens is 2. The molecular weight excluding hydrogens is 498 g/mol. The second-order valence-electron chi connectivity index (χ2n) is 10.4. The lowest BCUT2D eigenvalue weighted by molar-refractivity contribution is -0.138. The summed E-state index contributed by atoms with van der Waals surface area (Å²) in [4.78, 5) is 64.6. The molecule has 1 aromatic carbocycles. The number of Topliss-reactive ketones (excluding diaryl/α,β-unsaturated/α-hetero) is 1. The van der Waals surface area contributed by atoms with Crippen LogP contribution < -0.4 is 5.32 Å². The van der Waals surface area contributed by atoms with E-state index in [2.05, 4.69) is 15.3 Å². The van der Waals surface area contributed by atoms with Gasteiger partial charge >= 0.3 is 0 Å². The fraction of sp³-hybridized carbons (Fsp3) is 0.379. The Hall–Kier alpha value is -4.34. The fourth-order valence-corrected chi connectivity index (χ4v) is 5.54. The van der Waals surface area contributed by atoms with Crippen molar-refractivity contribution in [1.82, 2.24) is 25.1 Å². The summed E-state index contributed by atoms with van der Waals surface area (Å²) in [5.41, 5.74) is 1.70. The van der Waals surface area contributed by atoms with Gasteiger partial charge in [-0.3, -0.25) is 24.2 Å². The van der Waals surface area contributed by atoms with Crippen LogP contribution >= 0.6 is 0 Å². The molecule has 2 fully saturated rings. The molecule has 1 N–H and O–H groups in total. The summed E-state index contributed by atoms with van der Waals surface area (Å²) in [7, 11) is 0. The molecule has 3 aromatic rings. The first-order chi connectivity index (χ1) is 18.8. The number of nitrogens with zero attached hydrogens (tertiary/aromatic N) is 4. The molecule has 2 saturated heterocycles. The summed E-state index contributed by atoms with van der Waals surface area (Å²) in [5.74, 6) is -0.481. The Labute approximate surface area is 226 Å². The number of likely N-dealkylation sites (tertiary alicyclic amines) is 2. The molecule has 0 bridgehead atoms. The Morgan fingerprint density at radius 3 is 2.62 bits per heavy atom. The van der Waals surface area contributed by atoms with E-state index in [1.807, 2.05) is 19.9 Å². The van der Waals surface area contributed by atoms with Crippen LogP contribution in [-0.2, 0) is 20.8 Å². The molecule has 10 heteroatoms. The van der Waals surface area contributed by atoms with Crippen LogP contribution in [0.5, 0.6) is 0 Å². The molecule has 10 nitrogen and oxygen atoms in total. The molecule has 5 rings (SSSR count). The predicted octanol–water partition coefficient (Wildman–Crippen LogP) is 2.50. The van der Waals surface area contributed by atoms with E-state index in [4.69, 9.17) is 4.42 Å². The van der Waals surface area contributed by atoms with Crippen LogP contribution in [0.2, 0.25) is 0 Å². The van der Waals surface area contributed by atoms with Crippen LogP contribution in [0.4, 0.5) is 0 Å². The third-order valence-electron chi connectivity index (χ3n) is 7.28. The summed E-state index contributed by atoms with van der Waals surface area (Å²) in [6.07, 6.45) is 7.16. The lowest BCUT2D eigenvalue weighted by Crippen LogP contribution is -2.53. The average molecular weight is 530 g/mol. The smallest absolute Gasteiger partial charge is 0.252 e. The number of carbonyl (C=O) groups excluding carboxylic acids is 4. The lowest BCUT2D eigenvalue weighted by Gasteiger charge is -2.29. The minimum Gasteiger partial charge on any atom is -0.443 e. The van der Waals surface area contributed by atoms with Crippen LogP contribution in [0.15, 0.2) is 65.8 Å². The van der Waals surface area contributed by atoms with Crippen LogP contribution in [-0.4, -0.2) is 74.5 Å². The topological polar surface area (TPSA) is 126 Å². The average Bonchev–Trinajstić information content (AvgIpc) is 3.67. The van der Waals surface area contributed by atoms with Gasteiger partial charge < -0.3 is 19.5 Å². The highest BCUT2D eigenvalue weighted by molar-refractivity contribution is 6.03. The van der Waals surface area contributed by atoms with E-state index in [0.717, 1.165) is 5.56 Å². The van der Waals surface area contributed by atoms with E-state index in [9.17, 15) is 19.2 Å². The second kappa shape index (κ2) is 11.2. The van der Waals surface area contributed by atoms with Crippen molar-refractivity contribution in [3.05, 3.63) is 72.5 Å². The molecule has 2 aliphatic heterocycles. The SMILES string of the molecule is CC(C)CC(NC(=O)c1ccccc1-c1cnco1)C(=O)N1CCC2C1C(=O)CN2C(=O)Cc1cccnc1. The van der Waals surface area contributed by atoms with Crippen molar-refractivity contribution < 1.29 is 23.6 Å². The van der Waals surface area contributed by atoms with E-state index in [1.54, 1.807) is 52.5 Å². The molecule has 0 spiro atoms. The van der Waals surface area contributed by atoms with Crippen molar-refractivity contribution in [1.29, 1.82) is 0 Å². The van der Waals surface area contributed by atoms with Crippen molar-refractivity contribution in [2.45, 2.75) is 51.2 Å².